The summed E-state index contributed by atoms with van der Waals surface area (Å²) in [5.41, 5.74) is 0.227. The average Bonchev–Trinajstić information content (AvgIpc) is 2.42. The lowest BCUT2D eigenvalue weighted by Crippen LogP contribution is -2.14. The van der Waals surface area contributed by atoms with E-state index in [-0.39, 0.29) is 17.3 Å². The minimum absolute atomic E-state index is 0.167. The van der Waals surface area contributed by atoms with Gasteiger partial charge in [0.1, 0.15) is 0 Å². The highest BCUT2D eigenvalue weighted by Crippen LogP contribution is 2.20. The van der Waals surface area contributed by atoms with Crippen molar-refractivity contribution < 1.29 is 13.6 Å². The van der Waals surface area contributed by atoms with Crippen LogP contribution in [-0.2, 0) is 4.79 Å². The first-order valence-corrected chi connectivity index (χ1v) is 7.04. The molecule has 2 nitrogen and oxygen atoms in total. The first-order chi connectivity index (χ1) is 9.54. The smallest absolute Gasteiger partial charge is 0.234 e. The molecule has 0 heterocycles. The molecule has 2 aromatic carbocycles. The van der Waals surface area contributed by atoms with Crippen LogP contribution in [0.15, 0.2) is 47.4 Å². The van der Waals surface area contributed by atoms with Crippen molar-refractivity contribution in [3.05, 3.63) is 59.1 Å². The second-order valence-corrected chi connectivity index (χ2v) is 5.40. The van der Waals surface area contributed by atoms with Gasteiger partial charge in [0.05, 0.1) is 5.75 Å². The van der Waals surface area contributed by atoms with Crippen molar-refractivity contribution in [2.24, 2.45) is 0 Å². The maximum Gasteiger partial charge on any atom is 0.234 e. The Bertz CT molecular complexity index is 619. The molecule has 1 amide bonds. The lowest BCUT2D eigenvalue weighted by molar-refractivity contribution is -0.113. The normalized spacial score (nSPS) is 10.3. The number of thioether (sulfide) groups is 1. The summed E-state index contributed by atoms with van der Waals surface area (Å²) < 4.78 is 25.7. The first-order valence-electron chi connectivity index (χ1n) is 5.68. The first kappa shape index (κ1) is 14.8. The van der Waals surface area contributed by atoms with Crippen molar-refractivity contribution in [3.8, 4) is 0 Å². The van der Waals surface area contributed by atoms with E-state index in [1.807, 2.05) is 0 Å². The zero-order valence-electron chi connectivity index (χ0n) is 10.2. The number of rotatable bonds is 4. The summed E-state index contributed by atoms with van der Waals surface area (Å²) in [7, 11) is 0. The zero-order chi connectivity index (χ0) is 14.5. The Labute approximate surface area is 124 Å². The van der Waals surface area contributed by atoms with E-state index in [4.69, 9.17) is 11.6 Å². The van der Waals surface area contributed by atoms with Crippen LogP contribution in [0.5, 0.6) is 0 Å². The summed E-state index contributed by atoms with van der Waals surface area (Å²) in [5.74, 6) is -2.07. The van der Waals surface area contributed by atoms with E-state index in [9.17, 15) is 13.6 Å². The fourth-order valence-corrected chi connectivity index (χ4v) is 2.28. The van der Waals surface area contributed by atoms with Crippen LogP contribution in [0.2, 0.25) is 5.02 Å². The highest BCUT2D eigenvalue weighted by molar-refractivity contribution is 8.00. The fraction of sp³-hybridized carbons (Fsp3) is 0.0714. The molecule has 0 radical (unpaired) electrons. The third kappa shape index (κ3) is 4.21. The van der Waals surface area contributed by atoms with Gasteiger partial charge in [-0.25, -0.2) is 8.78 Å². The number of carbonyl (C=O) groups is 1. The number of benzene rings is 2. The van der Waals surface area contributed by atoms with Gasteiger partial charge < -0.3 is 5.32 Å². The van der Waals surface area contributed by atoms with Crippen LogP contribution in [0.25, 0.3) is 0 Å². The van der Waals surface area contributed by atoms with E-state index in [0.29, 0.717) is 5.02 Å². The fourth-order valence-electron chi connectivity index (χ4n) is 1.45. The van der Waals surface area contributed by atoms with Gasteiger partial charge in [-0.2, -0.15) is 0 Å². The summed E-state index contributed by atoms with van der Waals surface area (Å²) in [4.78, 5) is 12.6. The summed E-state index contributed by atoms with van der Waals surface area (Å²) in [6.07, 6.45) is 0. The highest BCUT2D eigenvalue weighted by Gasteiger charge is 2.07. The van der Waals surface area contributed by atoms with Crippen molar-refractivity contribution in [3.63, 3.8) is 0 Å². The molecule has 6 heteroatoms. The number of hydrogen-bond donors (Lipinski definition) is 1. The molecule has 20 heavy (non-hydrogen) atoms. The van der Waals surface area contributed by atoms with E-state index in [2.05, 4.69) is 5.32 Å². The lowest BCUT2D eigenvalue weighted by atomic mass is 10.3. The van der Waals surface area contributed by atoms with Gasteiger partial charge in [-0.3, -0.25) is 4.79 Å². The van der Waals surface area contributed by atoms with Gasteiger partial charge in [0.15, 0.2) is 11.6 Å². The standard InChI is InChI=1S/C14H10ClF2NOS/c15-9-1-4-11(5-2-9)20-8-14(19)18-10-3-6-12(16)13(17)7-10/h1-7H,8H2,(H,18,19). The Morgan fingerprint density at radius 2 is 1.80 bits per heavy atom. The second kappa shape index (κ2) is 6.72. The van der Waals surface area contributed by atoms with Crippen LogP contribution in [0, 0.1) is 11.6 Å². The van der Waals surface area contributed by atoms with E-state index in [1.165, 1.54) is 17.8 Å². The predicted molar refractivity (Wildman–Crippen MR) is 77.2 cm³/mol. The largest absolute Gasteiger partial charge is 0.325 e. The molecule has 104 valence electrons. The van der Waals surface area contributed by atoms with Crippen molar-refractivity contribution in [1.29, 1.82) is 0 Å². The third-order valence-corrected chi connectivity index (χ3v) is 3.65. The SMILES string of the molecule is O=C(CSc1ccc(Cl)cc1)Nc1ccc(F)c(F)c1. The second-order valence-electron chi connectivity index (χ2n) is 3.92. The molecule has 0 fully saturated rings. The maximum absolute atomic E-state index is 13.0. The molecule has 0 aromatic heterocycles. The molecule has 1 N–H and O–H groups in total. The van der Waals surface area contributed by atoms with Gasteiger partial charge in [0, 0.05) is 21.7 Å². The Balaban J connectivity index is 1.89. The molecular formula is C14H10ClF2NOS. The Kier molecular flexibility index (Phi) is 4.98. The van der Waals surface area contributed by atoms with Crippen LogP contribution < -0.4 is 5.32 Å². The van der Waals surface area contributed by atoms with Gasteiger partial charge >= 0.3 is 0 Å². The number of halogens is 3. The van der Waals surface area contributed by atoms with Crippen LogP contribution in [0.1, 0.15) is 0 Å². The van der Waals surface area contributed by atoms with E-state index in [0.717, 1.165) is 17.0 Å². The molecule has 2 aromatic rings. The Hall–Kier alpha value is -1.59. The minimum Gasteiger partial charge on any atom is -0.325 e. The molecule has 0 aliphatic carbocycles. The molecule has 0 saturated carbocycles. The van der Waals surface area contributed by atoms with E-state index >= 15 is 0 Å². The molecule has 2 rings (SSSR count). The van der Waals surface area contributed by atoms with Crippen molar-refractivity contribution in [1.82, 2.24) is 0 Å². The van der Waals surface area contributed by atoms with Crippen LogP contribution >= 0.6 is 23.4 Å². The van der Waals surface area contributed by atoms with Crippen LogP contribution in [0.4, 0.5) is 14.5 Å². The van der Waals surface area contributed by atoms with Gasteiger partial charge in [-0.1, -0.05) is 11.6 Å². The van der Waals surface area contributed by atoms with E-state index < -0.39 is 11.6 Å². The molecule has 0 aliphatic heterocycles. The van der Waals surface area contributed by atoms with Crippen LogP contribution in [0.3, 0.4) is 0 Å². The molecular weight excluding hydrogens is 304 g/mol. The number of nitrogens with one attached hydrogen (secondary N) is 1. The Morgan fingerprint density at radius 3 is 2.45 bits per heavy atom. The molecule has 0 spiro atoms. The summed E-state index contributed by atoms with van der Waals surface area (Å²) in [6.45, 7) is 0. The van der Waals surface area contributed by atoms with Gasteiger partial charge in [0.25, 0.3) is 0 Å². The monoisotopic (exact) mass is 313 g/mol. The number of carbonyl (C=O) groups excluding carboxylic acids is 1. The summed E-state index contributed by atoms with van der Waals surface area (Å²) in [6, 6.07) is 10.3. The van der Waals surface area contributed by atoms with Crippen LogP contribution in [-0.4, -0.2) is 11.7 Å². The topological polar surface area (TPSA) is 29.1 Å². The van der Waals surface area contributed by atoms with E-state index in [1.54, 1.807) is 24.3 Å². The quantitative estimate of drug-likeness (QED) is 0.850. The molecule has 0 aliphatic rings. The molecule has 0 atom stereocenters. The zero-order valence-corrected chi connectivity index (χ0v) is 11.8. The maximum atomic E-state index is 13.0. The number of amides is 1. The lowest BCUT2D eigenvalue weighted by Gasteiger charge is -2.05. The summed E-state index contributed by atoms with van der Waals surface area (Å²) >= 11 is 7.08. The Morgan fingerprint density at radius 1 is 1.10 bits per heavy atom. The van der Waals surface area contributed by atoms with Gasteiger partial charge in [0.2, 0.25) is 5.91 Å². The third-order valence-electron chi connectivity index (χ3n) is 2.39. The molecule has 0 unspecified atom stereocenters. The highest BCUT2D eigenvalue weighted by atomic mass is 35.5. The minimum atomic E-state index is -0.992. The average molecular weight is 314 g/mol. The van der Waals surface area contributed by atoms with Crippen molar-refractivity contribution in [2.75, 3.05) is 11.1 Å². The number of anilines is 1. The predicted octanol–water partition coefficient (Wildman–Crippen LogP) is 4.35. The van der Waals surface area contributed by atoms with Crippen molar-refractivity contribution in [2.45, 2.75) is 4.90 Å². The number of hydrogen-bond acceptors (Lipinski definition) is 2. The van der Waals surface area contributed by atoms with Gasteiger partial charge in [-0.05, 0) is 36.4 Å². The van der Waals surface area contributed by atoms with Gasteiger partial charge in [-0.15, -0.1) is 11.8 Å². The molecule has 0 bridgehead atoms. The molecule has 0 saturated heterocycles. The van der Waals surface area contributed by atoms with Crippen molar-refractivity contribution >= 4 is 35.0 Å². The summed E-state index contributed by atoms with van der Waals surface area (Å²) in [5, 5.41) is 3.12.